The molecule has 1 aliphatic rings. The Bertz CT molecular complexity index is 383. The van der Waals surface area contributed by atoms with Crippen LogP contribution in [0.3, 0.4) is 0 Å². The molecule has 0 aromatic carbocycles. The van der Waals surface area contributed by atoms with Crippen LogP contribution in [0.2, 0.25) is 0 Å². The van der Waals surface area contributed by atoms with Crippen LogP contribution in [0.1, 0.15) is 48.0 Å². The van der Waals surface area contributed by atoms with Gasteiger partial charge in [0.15, 0.2) is 0 Å². The second-order valence-electron chi connectivity index (χ2n) is 5.86. The molecule has 20 heavy (non-hydrogen) atoms. The molecule has 0 saturated heterocycles. The topological polar surface area (TPSA) is 0 Å². The zero-order valence-electron chi connectivity index (χ0n) is 14.2. The number of hydrogen-bond donors (Lipinski definition) is 0. The zero-order chi connectivity index (χ0) is 15.6. The summed E-state index contributed by atoms with van der Waals surface area (Å²) in [6.07, 6.45) is 14.0. The summed E-state index contributed by atoms with van der Waals surface area (Å²) in [6, 6.07) is 0. The van der Waals surface area contributed by atoms with Crippen molar-refractivity contribution in [3.05, 3.63) is 45.1 Å². The maximum absolute atomic E-state index is 2.60. The molecule has 0 spiro atoms. The molecule has 0 atom stereocenters. The van der Waals surface area contributed by atoms with Crippen LogP contribution in [0.25, 0.3) is 0 Å². The van der Waals surface area contributed by atoms with Crippen molar-refractivity contribution in [2.75, 3.05) is 18.5 Å². The Labute approximate surface area is 139 Å². The number of hydrogen-bond acceptors (Lipinski definition) is 0. The molecule has 0 radical (unpaired) electrons. The van der Waals surface area contributed by atoms with E-state index in [0.717, 1.165) is 0 Å². The van der Waals surface area contributed by atoms with E-state index < -0.39 is 7.26 Å². The van der Waals surface area contributed by atoms with Crippen molar-refractivity contribution < 1.29 is 20.4 Å². The monoisotopic (exact) mass is 327 g/mol. The quantitative estimate of drug-likeness (QED) is 0.328. The molecule has 0 aromatic rings. The fraction of sp³-hybridized carbons (Fsp3) is 0.556. The van der Waals surface area contributed by atoms with Gasteiger partial charge in [-0.1, -0.05) is 0 Å². The summed E-state index contributed by atoms with van der Waals surface area (Å²) >= 11 is 2.14. The first-order valence-corrected chi connectivity index (χ1v) is 11.3. The Morgan fingerprint density at radius 2 is 1.70 bits per heavy atom. The van der Waals surface area contributed by atoms with Crippen LogP contribution in [0.4, 0.5) is 0 Å². The third-order valence-corrected chi connectivity index (χ3v) is 9.81. The summed E-state index contributed by atoms with van der Waals surface area (Å²) in [6.45, 7) is 13.6. The molecule has 0 unspecified atom stereocenters. The molecule has 1 aliphatic carbocycles. The van der Waals surface area contributed by atoms with Gasteiger partial charge in [-0.05, 0) is 0 Å². The summed E-state index contributed by atoms with van der Waals surface area (Å²) in [5.74, 6) is 2.60. The zero-order valence-corrected chi connectivity index (χ0v) is 16.8. The van der Waals surface area contributed by atoms with Gasteiger partial charge in [0.25, 0.3) is 0 Å². The molecular formula is C18H32PTi. The van der Waals surface area contributed by atoms with Crippen molar-refractivity contribution in [2.45, 2.75) is 48.0 Å². The molecule has 113 valence electrons. The van der Waals surface area contributed by atoms with E-state index in [1.807, 2.05) is 0 Å². The molecule has 0 heterocycles. The molecule has 0 saturated carbocycles. The molecule has 2 heteroatoms. The second kappa shape index (κ2) is 10.8. The van der Waals surface area contributed by atoms with Gasteiger partial charge in [-0.2, -0.15) is 0 Å². The Morgan fingerprint density at radius 1 is 1.15 bits per heavy atom. The second-order valence-corrected chi connectivity index (χ2v) is 12.0. The van der Waals surface area contributed by atoms with Crippen LogP contribution in [0.5, 0.6) is 0 Å². The maximum atomic E-state index is 2.60. The Kier molecular flexibility index (Phi) is 10.8. The first-order valence-electron chi connectivity index (χ1n) is 7.80. The molecular weight excluding hydrogens is 295 g/mol. The van der Waals surface area contributed by atoms with Gasteiger partial charge in [-0.25, -0.2) is 0 Å². The van der Waals surface area contributed by atoms with Gasteiger partial charge in [-0.15, -0.1) is 0 Å². The molecule has 0 aromatic heterocycles. The summed E-state index contributed by atoms with van der Waals surface area (Å²) < 4.78 is 1.47. The Morgan fingerprint density at radius 3 is 1.95 bits per heavy atom. The van der Waals surface area contributed by atoms with Crippen molar-refractivity contribution in [2.24, 2.45) is 0 Å². The van der Waals surface area contributed by atoms with Gasteiger partial charge in [0.1, 0.15) is 0 Å². The predicted molar refractivity (Wildman–Crippen MR) is 95.0 cm³/mol. The first kappa shape index (κ1) is 20.1. The summed E-state index contributed by atoms with van der Waals surface area (Å²) in [5.41, 5.74) is 2.88. The van der Waals surface area contributed by atoms with Crippen LogP contribution in [-0.2, 0) is 20.4 Å². The SMILES string of the molecule is CC[PH](C=C(C)C=C(C)C)(CC)CC.[Ti][C]1=CC=CC1. The minimum absolute atomic E-state index is 1.05. The normalized spacial score (nSPS) is 15.2. The Balaban J connectivity index is 0.000000493. The number of rotatable bonds is 5. The summed E-state index contributed by atoms with van der Waals surface area (Å²) in [5, 5.41) is 0. The minimum atomic E-state index is -1.05. The molecule has 0 nitrogen and oxygen atoms in total. The van der Waals surface area contributed by atoms with E-state index in [-0.39, 0.29) is 0 Å². The first-order chi connectivity index (χ1) is 9.39. The molecule has 0 amide bonds. The molecule has 1 rings (SSSR count). The van der Waals surface area contributed by atoms with Gasteiger partial charge in [-0.3, -0.25) is 0 Å². The van der Waals surface area contributed by atoms with E-state index in [1.165, 1.54) is 39.9 Å². The third kappa shape index (κ3) is 8.40. The van der Waals surface area contributed by atoms with E-state index >= 15 is 0 Å². The molecule has 0 N–H and O–H groups in total. The van der Waals surface area contributed by atoms with E-state index in [1.54, 1.807) is 0 Å². The fourth-order valence-electron chi connectivity index (χ4n) is 2.48. The molecule has 0 bridgehead atoms. The van der Waals surface area contributed by atoms with Gasteiger partial charge >= 0.3 is 139 Å². The van der Waals surface area contributed by atoms with E-state index in [9.17, 15) is 0 Å². The standard InChI is InChI=1S/C13H27P.C5H5.Ti/c1-7-14(8-2,9-3)11-13(6)10-12(4)5;1-2-4-5-3-1;/h10-11,14H,7-9H2,1-6H3;1-3H,4H2;. The van der Waals surface area contributed by atoms with Crippen LogP contribution in [-0.4, -0.2) is 18.5 Å². The van der Waals surface area contributed by atoms with Crippen LogP contribution in [0.15, 0.2) is 45.1 Å². The van der Waals surface area contributed by atoms with Gasteiger partial charge in [0.2, 0.25) is 0 Å². The summed E-state index contributed by atoms with van der Waals surface area (Å²) in [7, 11) is -1.05. The van der Waals surface area contributed by atoms with E-state index in [2.05, 4.69) is 92.1 Å². The van der Waals surface area contributed by atoms with Crippen molar-refractivity contribution in [1.82, 2.24) is 0 Å². The number of allylic oxidation sites excluding steroid dienone is 7. The summed E-state index contributed by atoms with van der Waals surface area (Å²) in [4.78, 5) is 0. The van der Waals surface area contributed by atoms with Crippen molar-refractivity contribution in [3.8, 4) is 0 Å². The van der Waals surface area contributed by atoms with Crippen molar-refractivity contribution >= 4 is 7.26 Å². The fourth-order valence-corrected chi connectivity index (χ4v) is 5.98. The Hall–Kier alpha value is 0.104. The van der Waals surface area contributed by atoms with Crippen molar-refractivity contribution in [1.29, 1.82) is 0 Å². The van der Waals surface area contributed by atoms with Gasteiger partial charge < -0.3 is 0 Å². The van der Waals surface area contributed by atoms with Crippen LogP contribution < -0.4 is 0 Å². The van der Waals surface area contributed by atoms with E-state index in [4.69, 9.17) is 0 Å². The van der Waals surface area contributed by atoms with E-state index in [0.29, 0.717) is 0 Å². The average Bonchev–Trinajstić information content (AvgIpc) is 2.87. The van der Waals surface area contributed by atoms with Gasteiger partial charge in [0.05, 0.1) is 0 Å². The van der Waals surface area contributed by atoms with Crippen molar-refractivity contribution in [3.63, 3.8) is 0 Å². The average molecular weight is 327 g/mol. The van der Waals surface area contributed by atoms with Crippen LogP contribution >= 0.6 is 7.26 Å². The molecule has 0 aliphatic heterocycles. The third-order valence-electron chi connectivity index (χ3n) is 3.93. The van der Waals surface area contributed by atoms with Crippen LogP contribution in [0, 0.1) is 0 Å². The molecule has 0 fully saturated rings. The predicted octanol–water partition coefficient (Wildman–Crippen LogP) is 6.04. The van der Waals surface area contributed by atoms with Gasteiger partial charge in [0, 0.05) is 0 Å².